The van der Waals surface area contributed by atoms with E-state index >= 15 is 0 Å². The first kappa shape index (κ1) is 35.9. The number of nitrogens with one attached hydrogen (secondary N) is 4. The lowest BCUT2D eigenvalue weighted by Gasteiger charge is -2.26. The van der Waals surface area contributed by atoms with Crippen LogP contribution in [0.25, 0.3) is 0 Å². The van der Waals surface area contributed by atoms with Crippen molar-refractivity contribution in [2.24, 2.45) is 5.84 Å². The second kappa shape index (κ2) is 17.8. The van der Waals surface area contributed by atoms with E-state index in [0.717, 1.165) is 22.3 Å². The number of ether oxygens (including phenoxy) is 1. The van der Waals surface area contributed by atoms with Gasteiger partial charge in [0.1, 0.15) is 23.7 Å². The molecule has 0 radical (unpaired) electrons. The summed E-state index contributed by atoms with van der Waals surface area (Å²) in [6, 6.07) is 12.5. The Labute approximate surface area is 261 Å². The molecule has 43 heavy (non-hydrogen) atoms. The van der Waals surface area contributed by atoms with Crippen molar-refractivity contribution in [1.82, 2.24) is 21.4 Å². The molecule has 0 saturated carbocycles. The van der Waals surface area contributed by atoms with Gasteiger partial charge in [-0.25, -0.2) is 10.6 Å². The number of hydrazine groups is 1. The first-order chi connectivity index (χ1) is 20.3. The minimum Gasteiger partial charge on any atom is -0.444 e. The molecule has 13 heteroatoms. The van der Waals surface area contributed by atoms with Crippen molar-refractivity contribution in [3.8, 4) is 0 Å². The van der Waals surface area contributed by atoms with Crippen LogP contribution in [0, 0.1) is 13.8 Å². The van der Waals surface area contributed by atoms with Gasteiger partial charge in [-0.15, -0.1) is 0 Å². The van der Waals surface area contributed by atoms with Crippen LogP contribution in [0.4, 0.5) is 4.79 Å². The minimum absolute atomic E-state index is 0.156. The molecule has 3 atom stereocenters. The maximum Gasteiger partial charge on any atom is 0.408 e. The summed E-state index contributed by atoms with van der Waals surface area (Å²) in [6.07, 6.45) is -0.765. The number of nitrogens with two attached hydrogens (primary N) is 1. The van der Waals surface area contributed by atoms with Gasteiger partial charge in [0.25, 0.3) is 5.91 Å². The average molecular weight is 634 g/mol. The fourth-order valence-corrected chi connectivity index (χ4v) is 5.65. The Balaban J connectivity index is 2.18. The average Bonchev–Trinajstić information content (AvgIpc) is 2.95. The number of benzene rings is 2. The van der Waals surface area contributed by atoms with E-state index in [1.807, 2.05) is 67.8 Å². The highest BCUT2D eigenvalue weighted by Crippen LogP contribution is 2.17. The highest BCUT2D eigenvalue weighted by atomic mass is 32.2. The van der Waals surface area contributed by atoms with E-state index in [9.17, 15) is 24.3 Å². The molecule has 2 aromatic rings. The number of hydrogen-bond acceptors (Lipinski definition) is 9. The predicted molar refractivity (Wildman–Crippen MR) is 171 cm³/mol. The van der Waals surface area contributed by atoms with Crippen LogP contribution in [-0.2, 0) is 30.6 Å². The Morgan fingerprint density at radius 3 is 1.56 bits per heavy atom. The third kappa shape index (κ3) is 13.7. The van der Waals surface area contributed by atoms with Gasteiger partial charge in [-0.1, -0.05) is 59.7 Å². The number of alkyl carbamates (subject to hydrolysis) is 1. The number of amides is 4. The number of aryl methyl sites for hydroxylation is 2. The molecule has 0 saturated heterocycles. The summed E-state index contributed by atoms with van der Waals surface area (Å²) in [6.45, 7) is 8.45. The van der Waals surface area contributed by atoms with Crippen LogP contribution >= 0.6 is 23.5 Å². The topological polar surface area (TPSA) is 172 Å². The number of aliphatic hydroxyl groups is 1. The summed E-state index contributed by atoms with van der Waals surface area (Å²) in [4.78, 5) is 51.4. The highest BCUT2D eigenvalue weighted by molar-refractivity contribution is 7.98. The quantitative estimate of drug-likeness (QED) is 0.0978. The summed E-state index contributed by atoms with van der Waals surface area (Å²) in [7, 11) is 0. The molecular formula is C30H43N5O6S2. The van der Waals surface area contributed by atoms with Crippen molar-refractivity contribution in [1.29, 1.82) is 0 Å². The molecule has 0 fully saturated rings. The van der Waals surface area contributed by atoms with Gasteiger partial charge in [0.2, 0.25) is 11.8 Å². The van der Waals surface area contributed by atoms with E-state index in [1.54, 1.807) is 20.8 Å². The van der Waals surface area contributed by atoms with E-state index in [1.165, 1.54) is 23.5 Å². The molecule has 236 valence electrons. The summed E-state index contributed by atoms with van der Waals surface area (Å²) in [5, 5.41) is 17.4. The Morgan fingerprint density at radius 1 is 0.744 bits per heavy atom. The van der Waals surface area contributed by atoms with Gasteiger partial charge in [-0.05, 0) is 45.7 Å². The third-order valence-electron chi connectivity index (χ3n) is 5.95. The summed E-state index contributed by atoms with van der Waals surface area (Å²) in [5.74, 6) is 4.64. The molecule has 0 bridgehead atoms. The molecule has 0 unspecified atom stereocenters. The van der Waals surface area contributed by atoms with Gasteiger partial charge in [0.05, 0.1) is 6.61 Å². The Hall–Kier alpha value is -3.26. The third-order valence-corrected chi connectivity index (χ3v) is 8.16. The molecule has 11 nitrogen and oxygen atoms in total. The normalized spacial score (nSPS) is 13.3. The first-order valence-corrected chi connectivity index (χ1v) is 16.1. The maximum absolute atomic E-state index is 13.5. The number of thioether (sulfide) groups is 2. The minimum atomic E-state index is -1.31. The zero-order valence-corrected chi connectivity index (χ0v) is 26.9. The maximum atomic E-state index is 13.5. The van der Waals surface area contributed by atoms with Gasteiger partial charge < -0.3 is 25.8 Å². The standard InChI is InChI=1S/C30H43N5O6S2/c1-19-6-10-21(11-7-19)15-42-17-24(26(37)32-23(14-36)28(39)35-31)33-27(38)25(34-29(40)41-30(3,4)5)18-43-16-22-12-8-20(2)9-13-22/h6-13,23-25,36H,14-18,31H2,1-5H3,(H,32,37)(H,33,38)(H,34,40)(H,35,39)/t23-,24-,25-/m0/s1. The molecule has 4 amide bonds. The van der Waals surface area contributed by atoms with Crippen molar-refractivity contribution in [3.05, 3.63) is 70.8 Å². The van der Waals surface area contributed by atoms with Gasteiger partial charge in [-0.3, -0.25) is 19.8 Å². The molecule has 0 aliphatic carbocycles. The second-order valence-corrected chi connectivity index (χ2v) is 13.1. The number of hydrogen-bond donors (Lipinski definition) is 6. The lowest BCUT2D eigenvalue weighted by atomic mass is 10.2. The fraction of sp³-hybridized carbons (Fsp3) is 0.467. The van der Waals surface area contributed by atoms with Crippen molar-refractivity contribution in [2.45, 2.75) is 69.9 Å². The van der Waals surface area contributed by atoms with Crippen LogP contribution in [0.15, 0.2) is 48.5 Å². The molecule has 2 rings (SSSR count). The van der Waals surface area contributed by atoms with Crippen molar-refractivity contribution in [3.63, 3.8) is 0 Å². The SMILES string of the molecule is Cc1ccc(CSC[C@H](NC(=O)OC(C)(C)C)C(=O)N[C@@H](CSCc2ccc(C)cc2)C(=O)N[C@@H](CO)C(=O)NN)cc1. The van der Waals surface area contributed by atoms with Crippen molar-refractivity contribution >= 4 is 47.3 Å². The van der Waals surface area contributed by atoms with Gasteiger partial charge >= 0.3 is 6.09 Å². The Kier molecular flexibility index (Phi) is 14.8. The van der Waals surface area contributed by atoms with Crippen LogP contribution < -0.4 is 27.2 Å². The number of rotatable bonds is 15. The molecular weight excluding hydrogens is 590 g/mol. The predicted octanol–water partition coefficient (Wildman–Crippen LogP) is 2.32. The van der Waals surface area contributed by atoms with E-state index in [0.29, 0.717) is 11.5 Å². The first-order valence-electron chi connectivity index (χ1n) is 13.8. The molecule has 0 spiro atoms. The van der Waals surface area contributed by atoms with Crippen LogP contribution in [-0.4, -0.2) is 70.8 Å². The highest BCUT2D eigenvalue weighted by Gasteiger charge is 2.30. The van der Waals surface area contributed by atoms with Crippen molar-refractivity contribution < 1.29 is 29.0 Å². The monoisotopic (exact) mass is 633 g/mol. The van der Waals surface area contributed by atoms with Crippen molar-refractivity contribution in [2.75, 3.05) is 18.1 Å². The molecule has 0 aliphatic heterocycles. The molecule has 0 aromatic heterocycles. The fourth-order valence-electron chi connectivity index (χ4n) is 3.61. The van der Waals surface area contributed by atoms with Crippen LogP contribution in [0.5, 0.6) is 0 Å². The zero-order chi connectivity index (χ0) is 32.0. The van der Waals surface area contributed by atoms with Crippen LogP contribution in [0.3, 0.4) is 0 Å². The molecule has 0 heterocycles. The van der Waals surface area contributed by atoms with E-state index in [-0.39, 0.29) is 11.5 Å². The zero-order valence-electron chi connectivity index (χ0n) is 25.3. The van der Waals surface area contributed by atoms with Gasteiger partial charge in [-0.2, -0.15) is 23.5 Å². The summed E-state index contributed by atoms with van der Waals surface area (Å²) in [5.41, 5.74) is 5.47. The van der Waals surface area contributed by atoms with E-state index in [4.69, 9.17) is 10.6 Å². The molecule has 0 aliphatic rings. The van der Waals surface area contributed by atoms with E-state index in [2.05, 4.69) is 16.0 Å². The van der Waals surface area contributed by atoms with E-state index < -0.39 is 54.1 Å². The molecule has 2 aromatic carbocycles. The van der Waals surface area contributed by atoms with Gasteiger partial charge in [0.15, 0.2) is 0 Å². The molecule has 7 N–H and O–H groups in total. The number of aliphatic hydroxyl groups excluding tert-OH is 1. The Morgan fingerprint density at radius 2 is 1.16 bits per heavy atom. The Bertz CT molecular complexity index is 1210. The number of carbonyl (C=O) groups is 4. The number of carbonyl (C=O) groups excluding carboxylic acids is 4. The summed E-state index contributed by atoms with van der Waals surface area (Å²) < 4.78 is 5.37. The smallest absolute Gasteiger partial charge is 0.408 e. The van der Waals surface area contributed by atoms with Crippen LogP contribution in [0.1, 0.15) is 43.0 Å². The van der Waals surface area contributed by atoms with Crippen LogP contribution in [0.2, 0.25) is 0 Å². The largest absolute Gasteiger partial charge is 0.444 e. The second-order valence-electron chi connectivity index (χ2n) is 11.0. The van der Waals surface area contributed by atoms with Gasteiger partial charge in [0, 0.05) is 23.0 Å². The lowest BCUT2D eigenvalue weighted by Crippen LogP contribution is -2.59. The lowest BCUT2D eigenvalue weighted by molar-refractivity contribution is -0.132. The summed E-state index contributed by atoms with van der Waals surface area (Å²) >= 11 is 2.85.